The Morgan fingerprint density at radius 2 is 1.75 bits per heavy atom. The van der Waals surface area contributed by atoms with Gasteiger partial charge in [-0.15, -0.1) is 0 Å². The smallest absolute Gasteiger partial charge is 0.262 e. The van der Waals surface area contributed by atoms with Gasteiger partial charge in [-0.3, -0.25) is 4.79 Å². The van der Waals surface area contributed by atoms with Gasteiger partial charge in [-0.2, -0.15) is 0 Å². The second kappa shape index (κ2) is 8.77. The fraction of sp³-hybridized carbons (Fsp3) is 0.250. The highest BCUT2D eigenvalue weighted by Gasteiger charge is 2.05. The molecule has 0 atom stereocenters. The topological polar surface area (TPSA) is 47.6 Å². The van der Waals surface area contributed by atoms with Gasteiger partial charge < -0.3 is 14.8 Å². The zero-order valence-corrected chi connectivity index (χ0v) is 14.2. The van der Waals surface area contributed by atoms with E-state index in [0.717, 1.165) is 12.0 Å². The quantitative estimate of drug-likeness (QED) is 0.739. The predicted molar refractivity (Wildman–Crippen MR) is 96.7 cm³/mol. The molecule has 1 amide bonds. The molecule has 0 aliphatic carbocycles. The van der Waals surface area contributed by atoms with Gasteiger partial charge in [0.05, 0.1) is 0 Å². The van der Waals surface area contributed by atoms with E-state index in [1.807, 2.05) is 49.4 Å². The van der Waals surface area contributed by atoms with Crippen LogP contribution in [-0.2, 0) is 11.2 Å². The lowest BCUT2D eigenvalue weighted by Crippen LogP contribution is -2.20. The normalized spacial score (nSPS) is 10.1. The molecule has 0 aliphatic heterocycles. The number of hydrogen-bond donors (Lipinski definition) is 1. The summed E-state index contributed by atoms with van der Waals surface area (Å²) in [6.45, 7) is 8.20. The van der Waals surface area contributed by atoms with Gasteiger partial charge in [0.25, 0.3) is 5.91 Å². The minimum absolute atomic E-state index is 0.0394. The van der Waals surface area contributed by atoms with Crippen molar-refractivity contribution in [3.8, 4) is 11.5 Å². The molecule has 0 spiro atoms. The first-order valence-corrected chi connectivity index (χ1v) is 7.95. The minimum atomic E-state index is -0.216. The molecule has 2 rings (SSSR count). The molecule has 2 aromatic rings. The second-order valence-corrected chi connectivity index (χ2v) is 5.61. The Labute approximate surface area is 143 Å². The summed E-state index contributed by atoms with van der Waals surface area (Å²) in [4.78, 5) is 12.0. The summed E-state index contributed by atoms with van der Waals surface area (Å²) in [5.41, 5.74) is 2.84. The number of carbonyl (C=O) groups excluding carboxylic acids is 1. The van der Waals surface area contributed by atoms with Crippen LogP contribution in [0.25, 0.3) is 0 Å². The van der Waals surface area contributed by atoms with Crippen LogP contribution >= 0.6 is 0 Å². The number of aryl methyl sites for hydroxylation is 1. The zero-order chi connectivity index (χ0) is 17.4. The third-order valence-electron chi connectivity index (χ3n) is 3.30. The highest BCUT2D eigenvalue weighted by molar-refractivity contribution is 5.92. The van der Waals surface area contributed by atoms with Gasteiger partial charge in [0, 0.05) is 11.8 Å². The Balaban J connectivity index is 1.85. The Kier molecular flexibility index (Phi) is 6.43. The number of hydrogen-bond acceptors (Lipinski definition) is 3. The van der Waals surface area contributed by atoms with Crippen molar-refractivity contribution in [2.75, 3.05) is 18.5 Å². The van der Waals surface area contributed by atoms with Crippen LogP contribution in [0.15, 0.2) is 60.7 Å². The van der Waals surface area contributed by atoms with Gasteiger partial charge >= 0.3 is 0 Å². The van der Waals surface area contributed by atoms with Crippen molar-refractivity contribution in [3.63, 3.8) is 0 Å². The molecule has 4 heteroatoms. The first kappa shape index (κ1) is 17.6. The molecule has 1 N–H and O–H groups in total. The molecule has 126 valence electrons. The maximum absolute atomic E-state index is 12.0. The molecule has 2 aromatic carbocycles. The summed E-state index contributed by atoms with van der Waals surface area (Å²) in [5, 5.41) is 2.80. The summed E-state index contributed by atoms with van der Waals surface area (Å²) in [7, 11) is 0. The molecule has 0 aliphatic rings. The lowest BCUT2D eigenvalue weighted by atomic mass is 10.2. The van der Waals surface area contributed by atoms with Crippen LogP contribution < -0.4 is 14.8 Å². The van der Waals surface area contributed by atoms with Crippen molar-refractivity contribution in [2.45, 2.75) is 20.3 Å². The number of rotatable bonds is 8. The number of benzene rings is 2. The Morgan fingerprint density at radius 3 is 2.42 bits per heavy atom. The van der Waals surface area contributed by atoms with E-state index < -0.39 is 0 Å². The maximum Gasteiger partial charge on any atom is 0.262 e. The van der Waals surface area contributed by atoms with Crippen LogP contribution in [-0.4, -0.2) is 19.1 Å². The highest BCUT2D eigenvalue weighted by Crippen LogP contribution is 2.18. The average Bonchev–Trinajstić information content (AvgIpc) is 2.59. The summed E-state index contributed by atoms with van der Waals surface area (Å²) < 4.78 is 11.1. The third-order valence-corrected chi connectivity index (χ3v) is 3.30. The SMILES string of the molecule is C=C(C)COc1cccc(NC(=O)COc2ccc(CC)cc2)c1. The summed E-state index contributed by atoms with van der Waals surface area (Å²) >= 11 is 0. The molecule has 24 heavy (non-hydrogen) atoms. The summed E-state index contributed by atoms with van der Waals surface area (Å²) in [5.74, 6) is 1.15. The molecule has 4 nitrogen and oxygen atoms in total. The standard InChI is InChI=1S/C20H23NO3/c1-4-16-8-10-18(11-9-16)24-14-20(22)21-17-6-5-7-19(12-17)23-13-15(2)3/h5-12H,2,4,13-14H2,1,3H3,(H,21,22). The number of anilines is 1. The molecule has 0 saturated heterocycles. The Morgan fingerprint density at radius 1 is 1.04 bits per heavy atom. The lowest BCUT2D eigenvalue weighted by Gasteiger charge is -2.10. The molecule has 0 unspecified atom stereocenters. The summed E-state index contributed by atoms with van der Waals surface area (Å²) in [6.07, 6.45) is 0.977. The fourth-order valence-corrected chi connectivity index (χ4v) is 2.04. The van der Waals surface area contributed by atoms with Crippen molar-refractivity contribution in [1.82, 2.24) is 0 Å². The van der Waals surface area contributed by atoms with Gasteiger partial charge in [0.1, 0.15) is 18.1 Å². The van der Waals surface area contributed by atoms with Crippen LogP contribution in [0.4, 0.5) is 5.69 Å². The van der Waals surface area contributed by atoms with E-state index in [0.29, 0.717) is 23.8 Å². The first-order chi connectivity index (χ1) is 11.6. The largest absolute Gasteiger partial charge is 0.489 e. The maximum atomic E-state index is 12.0. The number of ether oxygens (including phenoxy) is 2. The van der Waals surface area contributed by atoms with Crippen LogP contribution in [0.3, 0.4) is 0 Å². The van der Waals surface area contributed by atoms with Gasteiger partial charge in [0.2, 0.25) is 0 Å². The van der Waals surface area contributed by atoms with Crippen molar-refractivity contribution < 1.29 is 14.3 Å². The van der Waals surface area contributed by atoms with Crippen molar-refractivity contribution in [3.05, 3.63) is 66.2 Å². The van der Waals surface area contributed by atoms with E-state index in [2.05, 4.69) is 18.8 Å². The zero-order valence-electron chi connectivity index (χ0n) is 14.2. The lowest BCUT2D eigenvalue weighted by molar-refractivity contribution is -0.118. The van der Waals surface area contributed by atoms with Gasteiger partial charge in [-0.1, -0.05) is 31.7 Å². The molecule has 0 heterocycles. The van der Waals surface area contributed by atoms with Crippen molar-refractivity contribution >= 4 is 11.6 Å². The van der Waals surface area contributed by atoms with Crippen molar-refractivity contribution in [1.29, 1.82) is 0 Å². The minimum Gasteiger partial charge on any atom is -0.489 e. The molecular formula is C20H23NO3. The van der Waals surface area contributed by atoms with E-state index in [1.165, 1.54) is 5.56 Å². The van der Waals surface area contributed by atoms with E-state index in [1.54, 1.807) is 6.07 Å². The first-order valence-electron chi connectivity index (χ1n) is 7.95. The number of nitrogens with one attached hydrogen (secondary N) is 1. The van der Waals surface area contributed by atoms with E-state index in [4.69, 9.17) is 9.47 Å². The predicted octanol–water partition coefficient (Wildman–Crippen LogP) is 4.22. The molecule has 0 aromatic heterocycles. The van der Waals surface area contributed by atoms with Crippen LogP contribution in [0, 0.1) is 0 Å². The van der Waals surface area contributed by atoms with Crippen LogP contribution in [0.1, 0.15) is 19.4 Å². The van der Waals surface area contributed by atoms with Gasteiger partial charge in [0.15, 0.2) is 6.61 Å². The van der Waals surface area contributed by atoms with Gasteiger partial charge in [-0.25, -0.2) is 0 Å². The van der Waals surface area contributed by atoms with Crippen molar-refractivity contribution in [2.24, 2.45) is 0 Å². The van der Waals surface area contributed by atoms with E-state index in [-0.39, 0.29) is 12.5 Å². The van der Waals surface area contributed by atoms with Crippen LogP contribution in [0.2, 0.25) is 0 Å². The Hall–Kier alpha value is -2.75. The molecule has 0 fully saturated rings. The molecular weight excluding hydrogens is 302 g/mol. The highest BCUT2D eigenvalue weighted by atomic mass is 16.5. The average molecular weight is 325 g/mol. The van der Waals surface area contributed by atoms with E-state index >= 15 is 0 Å². The molecule has 0 bridgehead atoms. The number of carbonyl (C=O) groups is 1. The Bertz CT molecular complexity index is 692. The van der Waals surface area contributed by atoms with Crippen LogP contribution in [0.5, 0.6) is 11.5 Å². The molecule has 0 radical (unpaired) electrons. The fourth-order valence-electron chi connectivity index (χ4n) is 2.04. The third kappa shape index (κ3) is 5.80. The molecule has 0 saturated carbocycles. The number of amides is 1. The van der Waals surface area contributed by atoms with E-state index in [9.17, 15) is 4.79 Å². The second-order valence-electron chi connectivity index (χ2n) is 5.61. The summed E-state index contributed by atoms with van der Waals surface area (Å²) in [6, 6.07) is 15.0. The van der Waals surface area contributed by atoms with Gasteiger partial charge in [-0.05, 0) is 48.7 Å². The monoisotopic (exact) mass is 325 g/mol.